The number of unbranched alkanes of at least 4 members (excludes halogenated alkanes) is 2. The van der Waals surface area contributed by atoms with Crippen LogP contribution in [0.3, 0.4) is 0 Å². The van der Waals surface area contributed by atoms with Crippen LogP contribution in [-0.2, 0) is 25.7 Å². The largest absolute Gasteiger partial charge is 0.356 e. The molecule has 1 rings (SSSR count). The van der Waals surface area contributed by atoms with Crippen LogP contribution in [0.2, 0.25) is 0 Å². The van der Waals surface area contributed by atoms with Crippen LogP contribution in [0.25, 0.3) is 0 Å². The zero-order valence-electron chi connectivity index (χ0n) is 16.8. The summed E-state index contributed by atoms with van der Waals surface area (Å²) in [6.45, 7) is 2.36. The Hall–Kier alpha value is -3.03. The lowest BCUT2D eigenvalue weighted by molar-refractivity contribution is -0.129. The van der Waals surface area contributed by atoms with Crippen molar-refractivity contribution in [1.82, 2.24) is 16.0 Å². The minimum atomic E-state index is -0.825. The molecule has 29 heavy (non-hydrogen) atoms. The number of rotatable bonds is 14. The van der Waals surface area contributed by atoms with Gasteiger partial charge in [-0.25, -0.2) is 0 Å². The maximum atomic E-state index is 12.5. The van der Waals surface area contributed by atoms with Crippen LogP contribution in [0.15, 0.2) is 30.3 Å². The number of Topliss-reactive ketones (excluding diaryl/α,β-unsaturated/α-hetero) is 1. The average molecular weight is 402 g/mol. The Balaban J connectivity index is 2.47. The zero-order chi connectivity index (χ0) is 21.5. The first-order valence-corrected chi connectivity index (χ1v) is 9.81. The Morgan fingerprint density at radius 2 is 1.72 bits per heavy atom. The lowest BCUT2D eigenvalue weighted by atomic mass is 10.1. The Morgan fingerprint density at radius 1 is 1.00 bits per heavy atom. The molecule has 0 spiro atoms. The van der Waals surface area contributed by atoms with Crippen molar-refractivity contribution in [2.45, 2.75) is 58.0 Å². The van der Waals surface area contributed by atoms with Gasteiger partial charge < -0.3 is 21.4 Å². The van der Waals surface area contributed by atoms with Gasteiger partial charge in [-0.1, -0.05) is 36.8 Å². The van der Waals surface area contributed by atoms with E-state index < -0.39 is 11.8 Å². The molecular formula is C21H30N4O4. The highest BCUT2D eigenvalue weighted by molar-refractivity contribution is 6.26. The van der Waals surface area contributed by atoms with Gasteiger partial charge in [0, 0.05) is 32.9 Å². The van der Waals surface area contributed by atoms with Gasteiger partial charge in [-0.05, 0) is 24.8 Å². The molecule has 1 aromatic carbocycles. The molecule has 0 radical (unpaired) electrons. The summed E-state index contributed by atoms with van der Waals surface area (Å²) in [6.07, 6.45) is 3.35. The second kappa shape index (κ2) is 14.0. The molecule has 0 heterocycles. The van der Waals surface area contributed by atoms with Crippen molar-refractivity contribution in [2.75, 3.05) is 6.54 Å². The van der Waals surface area contributed by atoms with Gasteiger partial charge in [-0.2, -0.15) is 0 Å². The van der Waals surface area contributed by atoms with Gasteiger partial charge in [0.05, 0.1) is 6.21 Å². The standard InChI is InChI=1S/C21H30N4O4/c1-16(26)23-13-7-3-6-10-20(28)25-19(12-11-18(27)14-22)21(29)24-15-17-8-4-2-5-9-17/h2,4-5,8-9,14,19,22H,3,6-7,10-13,15H2,1H3,(H,23,26)(H,24,29)(H,25,28)/t19-/m0/s1. The van der Waals surface area contributed by atoms with Crippen LogP contribution in [0.1, 0.15) is 51.0 Å². The zero-order valence-corrected chi connectivity index (χ0v) is 16.8. The number of amides is 3. The minimum absolute atomic E-state index is 0.0178. The molecule has 4 N–H and O–H groups in total. The number of benzene rings is 1. The van der Waals surface area contributed by atoms with E-state index in [1.807, 2.05) is 30.3 Å². The number of ketones is 1. The van der Waals surface area contributed by atoms with E-state index in [0.717, 1.165) is 24.6 Å². The van der Waals surface area contributed by atoms with Crippen molar-refractivity contribution in [3.63, 3.8) is 0 Å². The number of carbonyl (C=O) groups is 4. The lowest BCUT2D eigenvalue weighted by Gasteiger charge is -2.18. The summed E-state index contributed by atoms with van der Waals surface area (Å²) in [7, 11) is 0. The van der Waals surface area contributed by atoms with E-state index in [4.69, 9.17) is 5.41 Å². The van der Waals surface area contributed by atoms with E-state index in [9.17, 15) is 19.2 Å². The molecule has 0 aliphatic heterocycles. The summed E-state index contributed by atoms with van der Waals surface area (Å²) in [6, 6.07) is 8.56. The molecule has 1 atom stereocenters. The normalized spacial score (nSPS) is 11.2. The molecule has 0 aliphatic rings. The van der Waals surface area contributed by atoms with E-state index in [0.29, 0.717) is 19.5 Å². The van der Waals surface area contributed by atoms with Gasteiger partial charge in [0.2, 0.25) is 17.7 Å². The molecule has 0 aliphatic carbocycles. The topological polar surface area (TPSA) is 128 Å². The first-order chi connectivity index (χ1) is 13.9. The molecule has 1 aromatic rings. The summed E-state index contributed by atoms with van der Waals surface area (Å²) >= 11 is 0. The third-order valence-electron chi connectivity index (χ3n) is 4.26. The second-order valence-electron chi connectivity index (χ2n) is 6.77. The highest BCUT2D eigenvalue weighted by atomic mass is 16.2. The molecular weight excluding hydrogens is 372 g/mol. The summed E-state index contributed by atoms with van der Waals surface area (Å²) in [5, 5.41) is 15.2. The average Bonchev–Trinajstić information content (AvgIpc) is 2.72. The Morgan fingerprint density at radius 3 is 2.38 bits per heavy atom. The van der Waals surface area contributed by atoms with Crippen LogP contribution in [0.4, 0.5) is 0 Å². The molecule has 0 unspecified atom stereocenters. The maximum Gasteiger partial charge on any atom is 0.242 e. The number of carbonyl (C=O) groups excluding carboxylic acids is 4. The van der Waals surface area contributed by atoms with E-state index in [2.05, 4.69) is 16.0 Å². The lowest BCUT2D eigenvalue weighted by Crippen LogP contribution is -2.46. The van der Waals surface area contributed by atoms with Gasteiger partial charge in [0.1, 0.15) is 6.04 Å². The first-order valence-electron chi connectivity index (χ1n) is 9.81. The van der Waals surface area contributed by atoms with E-state index in [1.54, 1.807) is 0 Å². The van der Waals surface area contributed by atoms with Crippen LogP contribution < -0.4 is 16.0 Å². The number of hydrogen-bond acceptors (Lipinski definition) is 5. The van der Waals surface area contributed by atoms with Crippen molar-refractivity contribution >= 4 is 29.7 Å². The van der Waals surface area contributed by atoms with E-state index in [-0.39, 0.29) is 37.0 Å². The third-order valence-corrected chi connectivity index (χ3v) is 4.26. The smallest absolute Gasteiger partial charge is 0.242 e. The van der Waals surface area contributed by atoms with E-state index >= 15 is 0 Å². The molecule has 0 saturated carbocycles. The predicted molar refractivity (Wildman–Crippen MR) is 110 cm³/mol. The van der Waals surface area contributed by atoms with Gasteiger partial charge in [-0.3, -0.25) is 19.2 Å². The van der Waals surface area contributed by atoms with Crippen LogP contribution in [0.5, 0.6) is 0 Å². The molecule has 3 amide bonds. The van der Waals surface area contributed by atoms with Crippen molar-refractivity contribution in [2.24, 2.45) is 0 Å². The molecule has 8 heteroatoms. The van der Waals surface area contributed by atoms with Gasteiger partial charge in [0.15, 0.2) is 5.78 Å². The predicted octanol–water partition coefficient (Wildman–Crippen LogP) is 1.48. The summed E-state index contributed by atoms with van der Waals surface area (Å²) < 4.78 is 0. The van der Waals surface area contributed by atoms with Crippen LogP contribution in [-0.4, -0.2) is 42.3 Å². The molecule has 0 aromatic heterocycles. The fourth-order valence-corrected chi connectivity index (χ4v) is 2.65. The summed E-state index contributed by atoms with van der Waals surface area (Å²) in [4.78, 5) is 46.9. The fraction of sp³-hybridized carbons (Fsp3) is 0.476. The first kappa shape index (κ1) is 24.0. The quantitative estimate of drug-likeness (QED) is 0.277. The van der Waals surface area contributed by atoms with Gasteiger partial charge >= 0.3 is 0 Å². The molecule has 8 nitrogen and oxygen atoms in total. The van der Waals surface area contributed by atoms with Crippen molar-refractivity contribution < 1.29 is 19.2 Å². The van der Waals surface area contributed by atoms with Crippen molar-refractivity contribution in [3.05, 3.63) is 35.9 Å². The summed E-state index contributed by atoms with van der Waals surface area (Å²) in [5.41, 5.74) is 0.931. The van der Waals surface area contributed by atoms with Crippen LogP contribution >= 0.6 is 0 Å². The highest BCUT2D eigenvalue weighted by Gasteiger charge is 2.21. The molecule has 0 bridgehead atoms. The Kier molecular flexibility index (Phi) is 11.6. The molecule has 158 valence electrons. The Labute approximate surface area is 171 Å². The third kappa shape index (κ3) is 11.4. The second-order valence-corrected chi connectivity index (χ2v) is 6.77. The number of hydrogen-bond donors (Lipinski definition) is 4. The van der Waals surface area contributed by atoms with Crippen molar-refractivity contribution in [3.8, 4) is 0 Å². The van der Waals surface area contributed by atoms with E-state index in [1.165, 1.54) is 6.92 Å². The van der Waals surface area contributed by atoms with Crippen molar-refractivity contribution in [1.29, 1.82) is 5.41 Å². The minimum Gasteiger partial charge on any atom is -0.356 e. The monoisotopic (exact) mass is 402 g/mol. The number of nitrogens with one attached hydrogen (secondary N) is 4. The maximum absolute atomic E-state index is 12.5. The van der Waals surface area contributed by atoms with Gasteiger partial charge in [-0.15, -0.1) is 0 Å². The SMILES string of the molecule is CC(=O)NCCCCCC(=O)N[C@@H](CCC(=O)C=N)C(=O)NCc1ccccc1. The molecule has 0 saturated heterocycles. The summed E-state index contributed by atoms with van der Waals surface area (Å²) in [5.74, 6) is -1.08. The molecule has 0 fully saturated rings. The highest BCUT2D eigenvalue weighted by Crippen LogP contribution is 2.04. The van der Waals surface area contributed by atoms with Gasteiger partial charge in [0.25, 0.3) is 0 Å². The Bertz CT molecular complexity index is 691. The fourth-order valence-electron chi connectivity index (χ4n) is 2.65. The van der Waals surface area contributed by atoms with Crippen LogP contribution in [0, 0.1) is 5.41 Å².